The number of nitrogen functional groups attached to an aromatic ring is 1. The summed E-state index contributed by atoms with van der Waals surface area (Å²) in [5, 5.41) is 6.98. The Morgan fingerprint density at radius 1 is 0.920 bits per heavy atom. The Kier molecular flexibility index (Phi) is 3.79. The molecule has 0 amide bonds. The summed E-state index contributed by atoms with van der Waals surface area (Å²) in [6, 6.07) is 13.0. The number of nitrogens with zero attached hydrogens (tertiary/aromatic N) is 5. The molecule has 0 radical (unpaired) electrons. The van der Waals surface area contributed by atoms with Crippen molar-refractivity contribution in [1.29, 1.82) is 0 Å². The molecule has 124 valence electrons. The van der Waals surface area contributed by atoms with Gasteiger partial charge in [0.05, 0.1) is 12.7 Å². The van der Waals surface area contributed by atoms with Crippen LogP contribution in [0.3, 0.4) is 0 Å². The Balaban J connectivity index is 1.54. The van der Waals surface area contributed by atoms with Crippen LogP contribution >= 0.6 is 0 Å². The van der Waals surface area contributed by atoms with E-state index in [2.05, 4.69) is 30.4 Å². The van der Waals surface area contributed by atoms with E-state index in [4.69, 9.17) is 14.7 Å². The minimum absolute atomic E-state index is 0.109. The topological polar surface area (TPSA) is 129 Å². The van der Waals surface area contributed by atoms with Crippen LogP contribution in [0.15, 0.2) is 57.7 Å². The van der Waals surface area contributed by atoms with Gasteiger partial charge in [0.2, 0.25) is 11.9 Å². The Labute approximate surface area is 141 Å². The lowest BCUT2D eigenvalue weighted by molar-refractivity contribution is 0.410. The maximum absolute atomic E-state index is 5.77. The van der Waals surface area contributed by atoms with Crippen molar-refractivity contribution in [1.82, 2.24) is 25.1 Å². The van der Waals surface area contributed by atoms with E-state index < -0.39 is 0 Å². The molecule has 3 N–H and O–H groups in total. The molecule has 9 heteroatoms. The number of nitrogens with two attached hydrogens (primary N) is 1. The predicted molar refractivity (Wildman–Crippen MR) is 88.8 cm³/mol. The van der Waals surface area contributed by atoms with Gasteiger partial charge in [-0.05, 0) is 24.3 Å². The lowest BCUT2D eigenvalue weighted by atomic mass is 10.3. The number of hydrogen-bond acceptors (Lipinski definition) is 9. The summed E-state index contributed by atoms with van der Waals surface area (Å²) in [6.07, 6.45) is 1.79. The molecule has 25 heavy (non-hydrogen) atoms. The van der Waals surface area contributed by atoms with Crippen LogP contribution in [0.25, 0.3) is 11.7 Å². The van der Waals surface area contributed by atoms with Crippen molar-refractivity contribution < 1.29 is 8.94 Å². The minimum Gasteiger partial charge on any atom is -0.459 e. The first kappa shape index (κ1) is 14.8. The average molecular weight is 335 g/mol. The van der Waals surface area contributed by atoms with E-state index in [-0.39, 0.29) is 12.4 Å². The van der Waals surface area contributed by atoms with E-state index in [1.54, 1.807) is 12.1 Å². The number of para-hydroxylation sites is 1. The fraction of sp³-hybridized carbons (Fsp3) is 0.0625. The van der Waals surface area contributed by atoms with Crippen LogP contribution in [-0.4, -0.2) is 25.1 Å². The SMILES string of the molecule is Nc1nc(Cc2noc(-c3ccco3)n2)nc(Nc2ccccc2)n1. The number of anilines is 3. The maximum atomic E-state index is 5.77. The standard InChI is InChI=1S/C16H13N7O2/c17-15-20-12(21-16(22-15)18-10-5-2-1-3-6-10)9-13-19-14(25-23-13)11-7-4-8-24-11/h1-8H,9H2,(H3,17,18,20,21,22). The molecule has 1 aromatic carbocycles. The lowest BCUT2D eigenvalue weighted by Gasteiger charge is -2.06. The monoisotopic (exact) mass is 335 g/mol. The minimum atomic E-state index is 0.109. The van der Waals surface area contributed by atoms with E-state index in [1.165, 1.54) is 6.26 Å². The van der Waals surface area contributed by atoms with Gasteiger partial charge in [-0.25, -0.2) is 0 Å². The van der Waals surface area contributed by atoms with E-state index in [9.17, 15) is 0 Å². The summed E-state index contributed by atoms with van der Waals surface area (Å²) in [7, 11) is 0. The molecule has 0 unspecified atom stereocenters. The van der Waals surface area contributed by atoms with Crippen LogP contribution in [0.2, 0.25) is 0 Å². The van der Waals surface area contributed by atoms with Gasteiger partial charge in [-0.15, -0.1) is 0 Å². The van der Waals surface area contributed by atoms with Crippen molar-refractivity contribution in [2.45, 2.75) is 6.42 Å². The highest BCUT2D eigenvalue weighted by Crippen LogP contribution is 2.18. The van der Waals surface area contributed by atoms with Gasteiger partial charge in [0.25, 0.3) is 5.89 Å². The zero-order valence-electron chi connectivity index (χ0n) is 13.0. The maximum Gasteiger partial charge on any atom is 0.293 e. The zero-order valence-corrected chi connectivity index (χ0v) is 13.0. The molecular formula is C16H13N7O2. The van der Waals surface area contributed by atoms with Crippen LogP contribution in [0.5, 0.6) is 0 Å². The van der Waals surface area contributed by atoms with Gasteiger partial charge < -0.3 is 20.0 Å². The average Bonchev–Trinajstić information content (AvgIpc) is 3.26. The second kappa shape index (κ2) is 6.40. The third-order valence-electron chi connectivity index (χ3n) is 3.25. The first-order valence-electron chi connectivity index (χ1n) is 7.45. The highest BCUT2D eigenvalue weighted by molar-refractivity contribution is 5.53. The Hall–Kier alpha value is -3.75. The smallest absolute Gasteiger partial charge is 0.293 e. The Bertz CT molecular complexity index is 967. The summed E-state index contributed by atoms with van der Waals surface area (Å²) >= 11 is 0. The van der Waals surface area contributed by atoms with Crippen molar-refractivity contribution in [3.05, 3.63) is 60.4 Å². The van der Waals surface area contributed by atoms with Gasteiger partial charge in [0, 0.05) is 5.69 Å². The molecule has 4 aromatic rings. The lowest BCUT2D eigenvalue weighted by Crippen LogP contribution is -2.08. The molecule has 4 rings (SSSR count). The van der Waals surface area contributed by atoms with Crippen LogP contribution < -0.4 is 11.1 Å². The molecule has 3 aromatic heterocycles. The highest BCUT2D eigenvalue weighted by atomic mass is 16.5. The molecule has 0 saturated carbocycles. The van der Waals surface area contributed by atoms with Gasteiger partial charge in [0.1, 0.15) is 5.82 Å². The van der Waals surface area contributed by atoms with E-state index >= 15 is 0 Å². The van der Waals surface area contributed by atoms with Gasteiger partial charge in [-0.3, -0.25) is 0 Å². The number of aromatic nitrogens is 5. The third-order valence-corrected chi connectivity index (χ3v) is 3.25. The van der Waals surface area contributed by atoms with Gasteiger partial charge in [-0.2, -0.15) is 19.9 Å². The number of hydrogen-bond donors (Lipinski definition) is 2. The van der Waals surface area contributed by atoms with Crippen molar-refractivity contribution in [2.75, 3.05) is 11.1 Å². The number of rotatable bonds is 5. The summed E-state index contributed by atoms with van der Waals surface area (Å²) in [5.74, 6) is 2.10. The molecule has 0 spiro atoms. The number of benzene rings is 1. The van der Waals surface area contributed by atoms with E-state index in [0.717, 1.165) is 5.69 Å². The molecular weight excluding hydrogens is 322 g/mol. The second-order valence-electron chi connectivity index (χ2n) is 5.09. The fourth-order valence-corrected chi connectivity index (χ4v) is 2.19. The van der Waals surface area contributed by atoms with Crippen LogP contribution in [0.4, 0.5) is 17.6 Å². The number of nitrogens with one attached hydrogen (secondary N) is 1. The van der Waals surface area contributed by atoms with Gasteiger partial charge in [-0.1, -0.05) is 23.4 Å². The third kappa shape index (κ3) is 3.44. The normalized spacial score (nSPS) is 10.7. The van der Waals surface area contributed by atoms with Crippen LogP contribution in [-0.2, 0) is 6.42 Å². The first-order valence-corrected chi connectivity index (χ1v) is 7.45. The van der Waals surface area contributed by atoms with Crippen molar-refractivity contribution in [2.24, 2.45) is 0 Å². The zero-order chi connectivity index (χ0) is 17.1. The van der Waals surface area contributed by atoms with Crippen molar-refractivity contribution >= 4 is 17.6 Å². The van der Waals surface area contributed by atoms with Gasteiger partial charge >= 0.3 is 0 Å². The van der Waals surface area contributed by atoms with Crippen LogP contribution in [0, 0.1) is 0 Å². The summed E-state index contributed by atoms with van der Waals surface area (Å²) in [6.45, 7) is 0. The first-order chi connectivity index (χ1) is 12.3. The molecule has 0 atom stereocenters. The molecule has 0 aliphatic rings. The molecule has 0 saturated heterocycles. The molecule has 0 bridgehead atoms. The Morgan fingerprint density at radius 3 is 2.60 bits per heavy atom. The second-order valence-corrected chi connectivity index (χ2v) is 5.09. The molecule has 0 fully saturated rings. The summed E-state index contributed by atoms with van der Waals surface area (Å²) in [4.78, 5) is 16.8. The van der Waals surface area contributed by atoms with Crippen molar-refractivity contribution in [3.63, 3.8) is 0 Å². The fourth-order valence-electron chi connectivity index (χ4n) is 2.19. The molecule has 0 aliphatic carbocycles. The highest BCUT2D eigenvalue weighted by Gasteiger charge is 2.14. The number of furan rings is 1. The van der Waals surface area contributed by atoms with E-state index in [0.29, 0.717) is 29.2 Å². The molecule has 0 aliphatic heterocycles. The quantitative estimate of drug-likeness (QED) is 0.564. The largest absolute Gasteiger partial charge is 0.459 e. The summed E-state index contributed by atoms with van der Waals surface area (Å²) < 4.78 is 10.4. The summed E-state index contributed by atoms with van der Waals surface area (Å²) in [5.41, 5.74) is 6.61. The van der Waals surface area contributed by atoms with Crippen LogP contribution in [0.1, 0.15) is 11.6 Å². The molecule has 9 nitrogen and oxygen atoms in total. The predicted octanol–water partition coefficient (Wildman–Crippen LogP) is 2.43. The van der Waals surface area contributed by atoms with Crippen molar-refractivity contribution in [3.8, 4) is 11.7 Å². The Morgan fingerprint density at radius 2 is 1.80 bits per heavy atom. The molecule has 3 heterocycles. The van der Waals surface area contributed by atoms with Gasteiger partial charge in [0.15, 0.2) is 11.6 Å². The van der Waals surface area contributed by atoms with E-state index in [1.807, 2.05) is 30.3 Å².